The minimum absolute atomic E-state index is 0.204. The number of rotatable bonds is 3. The van der Waals surface area contributed by atoms with Crippen LogP contribution in [0.4, 0.5) is 5.69 Å². The highest BCUT2D eigenvalue weighted by molar-refractivity contribution is 5.94. The van der Waals surface area contributed by atoms with Gasteiger partial charge >= 0.3 is 0 Å². The van der Waals surface area contributed by atoms with Gasteiger partial charge in [0.15, 0.2) is 0 Å². The van der Waals surface area contributed by atoms with Gasteiger partial charge in [-0.15, -0.1) is 0 Å². The molecule has 0 saturated heterocycles. The number of hydrogen-bond donors (Lipinski definition) is 1. The molecule has 3 rings (SSSR count). The maximum absolute atomic E-state index is 9.24. The van der Waals surface area contributed by atoms with E-state index in [4.69, 9.17) is 0 Å². The number of pyridine rings is 1. The number of fused-ring (bicyclic) bond motifs is 1. The van der Waals surface area contributed by atoms with Gasteiger partial charge in [-0.2, -0.15) is 5.26 Å². The van der Waals surface area contributed by atoms with Crippen molar-refractivity contribution in [3.63, 3.8) is 0 Å². The van der Waals surface area contributed by atoms with Crippen LogP contribution in [0.3, 0.4) is 0 Å². The van der Waals surface area contributed by atoms with Crippen molar-refractivity contribution in [1.82, 2.24) is 4.98 Å². The lowest BCUT2D eigenvalue weighted by Gasteiger charge is -2.19. The fourth-order valence-electron chi connectivity index (χ4n) is 2.34. The molecule has 1 aliphatic rings. The lowest BCUT2D eigenvalue weighted by atomic mass is 10.1. The molecule has 0 amide bonds. The topological polar surface area (TPSA) is 48.7 Å². The third-order valence-electron chi connectivity index (χ3n) is 3.82. The molecule has 0 atom stereocenters. The molecule has 1 N–H and O–H groups in total. The van der Waals surface area contributed by atoms with E-state index in [1.165, 1.54) is 12.8 Å². The minimum atomic E-state index is 0.204. The van der Waals surface area contributed by atoms with Crippen LogP contribution in [-0.2, 0) is 0 Å². The molecular formula is C15H15N3. The number of anilines is 1. The van der Waals surface area contributed by atoms with Crippen LogP contribution in [0.1, 0.15) is 31.7 Å². The quantitative estimate of drug-likeness (QED) is 0.889. The Hall–Kier alpha value is -2.08. The number of hydrogen-bond acceptors (Lipinski definition) is 3. The number of nitrogens with one attached hydrogen (secondary N) is 1. The van der Waals surface area contributed by atoms with Crippen molar-refractivity contribution >= 4 is 16.6 Å². The fraction of sp³-hybridized carbons (Fsp3) is 0.333. The van der Waals surface area contributed by atoms with Gasteiger partial charge in [0.1, 0.15) is 6.07 Å². The van der Waals surface area contributed by atoms with E-state index in [0.29, 0.717) is 5.56 Å². The van der Waals surface area contributed by atoms with Crippen molar-refractivity contribution in [2.24, 2.45) is 0 Å². The fourth-order valence-corrected chi connectivity index (χ4v) is 2.34. The van der Waals surface area contributed by atoms with Gasteiger partial charge in [0.25, 0.3) is 0 Å². The Labute approximate surface area is 106 Å². The Kier molecular flexibility index (Phi) is 2.45. The summed E-state index contributed by atoms with van der Waals surface area (Å²) in [5, 5.41) is 13.9. The molecule has 1 heterocycles. The van der Waals surface area contributed by atoms with Crippen LogP contribution in [0.5, 0.6) is 0 Å². The first-order valence-corrected chi connectivity index (χ1v) is 6.34. The molecule has 1 aromatic heterocycles. The van der Waals surface area contributed by atoms with Crippen molar-refractivity contribution in [3.05, 3.63) is 36.0 Å². The van der Waals surface area contributed by atoms with Crippen LogP contribution in [0.25, 0.3) is 10.9 Å². The molecule has 18 heavy (non-hydrogen) atoms. The van der Waals surface area contributed by atoms with Crippen LogP contribution in [0.2, 0.25) is 0 Å². The average molecular weight is 237 g/mol. The summed E-state index contributed by atoms with van der Waals surface area (Å²) >= 11 is 0. The summed E-state index contributed by atoms with van der Waals surface area (Å²) in [6, 6.07) is 10.2. The van der Waals surface area contributed by atoms with Crippen molar-refractivity contribution in [2.75, 3.05) is 5.32 Å². The zero-order chi connectivity index (χ0) is 12.6. The summed E-state index contributed by atoms with van der Waals surface area (Å²) < 4.78 is 0. The second kappa shape index (κ2) is 3.99. The van der Waals surface area contributed by atoms with Crippen LogP contribution in [0, 0.1) is 11.3 Å². The molecule has 0 bridgehead atoms. The third-order valence-corrected chi connectivity index (χ3v) is 3.82. The van der Waals surface area contributed by atoms with Gasteiger partial charge in [0.05, 0.1) is 16.8 Å². The molecule has 2 aromatic rings. The van der Waals surface area contributed by atoms with Crippen LogP contribution in [0.15, 0.2) is 30.5 Å². The molecule has 0 aliphatic heterocycles. The predicted molar refractivity (Wildman–Crippen MR) is 72.3 cm³/mol. The molecule has 3 nitrogen and oxygen atoms in total. The van der Waals surface area contributed by atoms with E-state index in [1.54, 1.807) is 6.20 Å². The molecule has 0 radical (unpaired) electrons. The van der Waals surface area contributed by atoms with E-state index >= 15 is 0 Å². The van der Waals surface area contributed by atoms with E-state index in [-0.39, 0.29) is 5.54 Å². The highest BCUT2D eigenvalue weighted by Crippen LogP contribution is 2.43. The van der Waals surface area contributed by atoms with E-state index in [9.17, 15) is 5.26 Å². The molecule has 0 unspecified atom stereocenters. The second-order valence-electron chi connectivity index (χ2n) is 4.93. The zero-order valence-corrected chi connectivity index (χ0v) is 10.4. The van der Waals surface area contributed by atoms with Crippen molar-refractivity contribution in [2.45, 2.75) is 31.7 Å². The van der Waals surface area contributed by atoms with Gasteiger partial charge in [-0.3, -0.25) is 4.98 Å². The second-order valence-corrected chi connectivity index (χ2v) is 4.93. The first kappa shape index (κ1) is 11.0. The van der Waals surface area contributed by atoms with E-state index in [0.717, 1.165) is 23.0 Å². The van der Waals surface area contributed by atoms with Gasteiger partial charge in [0, 0.05) is 17.1 Å². The Bertz CT molecular complexity index is 636. The SMILES string of the molecule is CCC1(Nc2c(C#N)cnc3ccccc23)CC1. The van der Waals surface area contributed by atoms with Gasteiger partial charge in [-0.25, -0.2) is 0 Å². The summed E-state index contributed by atoms with van der Waals surface area (Å²) in [5.41, 5.74) is 2.72. The Morgan fingerprint density at radius 1 is 1.39 bits per heavy atom. The lowest BCUT2D eigenvalue weighted by Crippen LogP contribution is -2.20. The van der Waals surface area contributed by atoms with Gasteiger partial charge in [0.2, 0.25) is 0 Å². The molecule has 3 heteroatoms. The van der Waals surface area contributed by atoms with Crippen LogP contribution in [-0.4, -0.2) is 10.5 Å². The normalized spacial score (nSPS) is 16.2. The molecule has 1 fully saturated rings. The molecule has 90 valence electrons. The largest absolute Gasteiger partial charge is 0.378 e. The molecular weight excluding hydrogens is 222 g/mol. The maximum atomic E-state index is 9.24. The van der Waals surface area contributed by atoms with Crippen LogP contribution < -0.4 is 5.32 Å². The number of nitriles is 1. The Morgan fingerprint density at radius 2 is 2.17 bits per heavy atom. The number of aromatic nitrogens is 1. The third kappa shape index (κ3) is 1.70. The first-order chi connectivity index (χ1) is 8.78. The molecule has 1 saturated carbocycles. The van der Waals surface area contributed by atoms with E-state index < -0.39 is 0 Å². The zero-order valence-electron chi connectivity index (χ0n) is 10.4. The highest BCUT2D eigenvalue weighted by atomic mass is 15.0. The van der Waals surface area contributed by atoms with E-state index in [2.05, 4.69) is 23.3 Å². The molecule has 1 aromatic carbocycles. The lowest BCUT2D eigenvalue weighted by molar-refractivity contribution is 0.702. The summed E-state index contributed by atoms with van der Waals surface area (Å²) in [6.45, 7) is 2.19. The van der Waals surface area contributed by atoms with Gasteiger partial charge in [-0.05, 0) is 25.3 Å². The highest BCUT2D eigenvalue weighted by Gasteiger charge is 2.41. The molecule has 0 spiro atoms. The summed E-state index contributed by atoms with van der Waals surface area (Å²) in [7, 11) is 0. The van der Waals surface area contributed by atoms with Crippen molar-refractivity contribution in [3.8, 4) is 6.07 Å². The van der Waals surface area contributed by atoms with Crippen LogP contribution >= 0.6 is 0 Å². The molecule has 1 aliphatic carbocycles. The summed E-state index contributed by atoms with van der Waals surface area (Å²) in [5.74, 6) is 0. The standard InChI is InChI=1S/C15H15N3/c1-2-15(7-8-15)18-14-11(9-16)10-17-13-6-4-3-5-12(13)14/h3-6,10H,2,7-8H2,1H3,(H,17,18). The van der Waals surface area contributed by atoms with Crippen molar-refractivity contribution in [1.29, 1.82) is 5.26 Å². The first-order valence-electron chi connectivity index (χ1n) is 6.34. The van der Waals surface area contributed by atoms with Crippen molar-refractivity contribution < 1.29 is 0 Å². The van der Waals surface area contributed by atoms with E-state index in [1.807, 2.05) is 24.3 Å². The number of para-hydroxylation sites is 1. The number of benzene rings is 1. The Balaban J connectivity index is 2.15. The monoisotopic (exact) mass is 237 g/mol. The summed E-state index contributed by atoms with van der Waals surface area (Å²) in [4.78, 5) is 4.33. The maximum Gasteiger partial charge on any atom is 0.103 e. The summed E-state index contributed by atoms with van der Waals surface area (Å²) in [6.07, 6.45) is 5.13. The smallest absolute Gasteiger partial charge is 0.103 e. The van der Waals surface area contributed by atoms with Gasteiger partial charge < -0.3 is 5.32 Å². The Morgan fingerprint density at radius 3 is 2.83 bits per heavy atom. The minimum Gasteiger partial charge on any atom is -0.378 e. The number of nitrogens with zero attached hydrogens (tertiary/aromatic N) is 2. The van der Waals surface area contributed by atoms with Gasteiger partial charge in [-0.1, -0.05) is 25.1 Å². The average Bonchev–Trinajstić information content (AvgIpc) is 3.20. The predicted octanol–water partition coefficient (Wildman–Crippen LogP) is 3.46.